The third-order valence-electron chi connectivity index (χ3n) is 3.61. The van der Waals surface area contributed by atoms with E-state index in [1.54, 1.807) is 0 Å². The summed E-state index contributed by atoms with van der Waals surface area (Å²) in [5.41, 5.74) is 6.53. The van der Waals surface area contributed by atoms with Gasteiger partial charge in [0, 0.05) is 12.6 Å². The Morgan fingerprint density at radius 1 is 0.889 bits per heavy atom. The van der Waals surface area contributed by atoms with Crippen molar-refractivity contribution in [2.45, 2.75) is 67.3 Å². The van der Waals surface area contributed by atoms with Crippen molar-refractivity contribution in [2.75, 3.05) is 19.6 Å². The Morgan fingerprint density at radius 3 is 1.56 bits per heavy atom. The third kappa shape index (κ3) is 8.93. The van der Waals surface area contributed by atoms with Crippen LogP contribution in [0.2, 0.25) is 0 Å². The number of rotatable bonds is 8. The maximum absolute atomic E-state index is 6.32. The predicted molar refractivity (Wildman–Crippen MR) is 82.8 cm³/mol. The molecule has 0 aliphatic carbocycles. The summed E-state index contributed by atoms with van der Waals surface area (Å²) in [5.74, 6) is 1.55. The molecule has 1 unspecified atom stereocenters. The lowest BCUT2D eigenvalue weighted by atomic mass is 9.87. The second-order valence-electron chi connectivity index (χ2n) is 7.64. The molecule has 18 heavy (non-hydrogen) atoms. The maximum Gasteiger partial charge on any atom is 0.0217 e. The zero-order valence-corrected chi connectivity index (χ0v) is 13.8. The summed E-state index contributed by atoms with van der Waals surface area (Å²) in [6, 6.07) is 0.261. The van der Waals surface area contributed by atoms with Crippen LogP contribution >= 0.6 is 0 Å². The second kappa shape index (κ2) is 8.16. The number of nitrogens with two attached hydrogens (primary N) is 1. The van der Waals surface area contributed by atoms with Crippen LogP contribution in [0.4, 0.5) is 0 Å². The molecule has 0 rings (SSSR count). The monoisotopic (exact) mass is 256 g/mol. The first-order valence-corrected chi connectivity index (χ1v) is 7.60. The van der Waals surface area contributed by atoms with Gasteiger partial charge in [0.2, 0.25) is 0 Å². The van der Waals surface area contributed by atoms with Crippen molar-refractivity contribution < 1.29 is 0 Å². The van der Waals surface area contributed by atoms with Gasteiger partial charge in [-0.2, -0.15) is 0 Å². The normalized spacial score (nSPS) is 14.8. The fourth-order valence-corrected chi connectivity index (χ4v) is 1.73. The Morgan fingerprint density at radius 2 is 1.28 bits per heavy atom. The minimum atomic E-state index is 0.202. The van der Waals surface area contributed by atoms with Crippen LogP contribution in [0.25, 0.3) is 0 Å². The molecule has 0 saturated heterocycles. The van der Waals surface area contributed by atoms with Crippen molar-refractivity contribution in [3.63, 3.8) is 0 Å². The summed E-state index contributed by atoms with van der Waals surface area (Å²) in [4.78, 5) is 2.57. The van der Waals surface area contributed by atoms with E-state index in [0.29, 0.717) is 0 Å². The first-order chi connectivity index (χ1) is 8.12. The van der Waals surface area contributed by atoms with E-state index in [-0.39, 0.29) is 11.5 Å². The summed E-state index contributed by atoms with van der Waals surface area (Å²) in [6.45, 7) is 19.3. The minimum absolute atomic E-state index is 0.202. The fraction of sp³-hybridized carbons (Fsp3) is 1.00. The average Bonchev–Trinajstić information content (AvgIpc) is 2.19. The molecule has 2 N–H and O–H groups in total. The van der Waals surface area contributed by atoms with E-state index in [2.05, 4.69) is 53.4 Å². The minimum Gasteiger partial charge on any atom is -0.326 e. The van der Waals surface area contributed by atoms with Crippen LogP contribution < -0.4 is 5.73 Å². The standard InChI is InChI=1S/C16H36N2/c1-13(2)8-10-18(11-9-14(3)4)12-15(17)16(5,6)7/h13-15H,8-12,17H2,1-7H3. The molecule has 0 aromatic heterocycles. The number of nitrogens with zero attached hydrogens (tertiary/aromatic N) is 1. The highest BCUT2D eigenvalue weighted by Gasteiger charge is 2.23. The van der Waals surface area contributed by atoms with Crippen molar-refractivity contribution in [1.82, 2.24) is 4.90 Å². The maximum atomic E-state index is 6.32. The lowest BCUT2D eigenvalue weighted by Gasteiger charge is -2.33. The van der Waals surface area contributed by atoms with E-state index in [1.165, 1.54) is 25.9 Å². The zero-order valence-electron chi connectivity index (χ0n) is 13.8. The molecule has 110 valence electrons. The van der Waals surface area contributed by atoms with Gasteiger partial charge >= 0.3 is 0 Å². The van der Waals surface area contributed by atoms with Gasteiger partial charge < -0.3 is 10.6 Å². The molecule has 0 aliphatic heterocycles. The van der Waals surface area contributed by atoms with Crippen molar-refractivity contribution >= 4 is 0 Å². The first-order valence-electron chi connectivity index (χ1n) is 7.60. The molecule has 0 radical (unpaired) electrons. The Bertz CT molecular complexity index is 192. The molecule has 0 saturated carbocycles. The lowest BCUT2D eigenvalue weighted by molar-refractivity contribution is 0.184. The molecule has 0 fully saturated rings. The molecule has 0 bridgehead atoms. The highest BCUT2D eigenvalue weighted by atomic mass is 15.1. The zero-order chi connectivity index (χ0) is 14.3. The molecular weight excluding hydrogens is 220 g/mol. The Balaban J connectivity index is 4.27. The van der Waals surface area contributed by atoms with Crippen LogP contribution in [-0.4, -0.2) is 30.6 Å². The summed E-state index contributed by atoms with van der Waals surface area (Å²) in [7, 11) is 0. The van der Waals surface area contributed by atoms with E-state index in [0.717, 1.165) is 18.4 Å². The smallest absolute Gasteiger partial charge is 0.0217 e. The molecule has 2 heteroatoms. The van der Waals surface area contributed by atoms with Gasteiger partial charge in [0.1, 0.15) is 0 Å². The summed E-state index contributed by atoms with van der Waals surface area (Å²) in [5, 5.41) is 0. The molecule has 0 heterocycles. The van der Waals surface area contributed by atoms with Crippen LogP contribution in [-0.2, 0) is 0 Å². The largest absolute Gasteiger partial charge is 0.326 e. The van der Waals surface area contributed by atoms with E-state index in [9.17, 15) is 0 Å². The predicted octanol–water partition coefficient (Wildman–Crippen LogP) is 3.75. The fourth-order valence-electron chi connectivity index (χ4n) is 1.73. The molecule has 0 aromatic rings. The van der Waals surface area contributed by atoms with Gasteiger partial charge in [-0.15, -0.1) is 0 Å². The van der Waals surface area contributed by atoms with Crippen molar-refractivity contribution in [3.8, 4) is 0 Å². The van der Waals surface area contributed by atoms with Crippen LogP contribution in [0, 0.1) is 17.3 Å². The highest BCUT2D eigenvalue weighted by molar-refractivity contribution is 4.80. The Labute approximate surface area is 115 Å². The van der Waals surface area contributed by atoms with Gasteiger partial charge in [-0.05, 0) is 43.2 Å². The van der Waals surface area contributed by atoms with E-state index < -0.39 is 0 Å². The van der Waals surface area contributed by atoms with Gasteiger partial charge in [0.15, 0.2) is 0 Å². The first kappa shape index (κ1) is 17.9. The quantitative estimate of drug-likeness (QED) is 0.716. The Hall–Kier alpha value is -0.0800. The van der Waals surface area contributed by atoms with Crippen molar-refractivity contribution in [3.05, 3.63) is 0 Å². The van der Waals surface area contributed by atoms with Gasteiger partial charge in [-0.25, -0.2) is 0 Å². The lowest BCUT2D eigenvalue weighted by Crippen LogP contribution is -2.46. The summed E-state index contributed by atoms with van der Waals surface area (Å²) < 4.78 is 0. The molecule has 2 nitrogen and oxygen atoms in total. The van der Waals surface area contributed by atoms with Crippen molar-refractivity contribution in [1.29, 1.82) is 0 Å². The molecule has 0 amide bonds. The third-order valence-corrected chi connectivity index (χ3v) is 3.61. The van der Waals surface area contributed by atoms with Crippen LogP contribution in [0.5, 0.6) is 0 Å². The topological polar surface area (TPSA) is 29.3 Å². The molecule has 0 spiro atoms. The highest BCUT2D eigenvalue weighted by Crippen LogP contribution is 2.19. The Kier molecular flexibility index (Phi) is 8.13. The van der Waals surface area contributed by atoms with Gasteiger partial charge in [0.05, 0.1) is 0 Å². The van der Waals surface area contributed by atoms with Crippen LogP contribution in [0.1, 0.15) is 61.3 Å². The SMILES string of the molecule is CC(C)CCN(CCC(C)C)CC(N)C(C)(C)C. The van der Waals surface area contributed by atoms with Crippen molar-refractivity contribution in [2.24, 2.45) is 23.0 Å². The van der Waals surface area contributed by atoms with E-state index in [4.69, 9.17) is 5.73 Å². The average molecular weight is 256 g/mol. The summed E-state index contributed by atoms with van der Waals surface area (Å²) >= 11 is 0. The number of hydrogen-bond acceptors (Lipinski definition) is 2. The van der Waals surface area contributed by atoms with E-state index >= 15 is 0 Å². The number of hydrogen-bond donors (Lipinski definition) is 1. The summed E-state index contributed by atoms with van der Waals surface area (Å²) in [6.07, 6.45) is 2.55. The van der Waals surface area contributed by atoms with Gasteiger partial charge in [-0.3, -0.25) is 0 Å². The second-order valence-corrected chi connectivity index (χ2v) is 7.64. The van der Waals surface area contributed by atoms with E-state index in [1.807, 2.05) is 0 Å². The van der Waals surface area contributed by atoms with Gasteiger partial charge in [0.25, 0.3) is 0 Å². The molecule has 0 aromatic carbocycles. The molecular formula is C16H36N2. The molecule has 0 aliphatic rings. The van der Waals surface area contributed by atoms with Crippen LogP contribution in [0.3, 0.4) is 0 Å². The van der Waals surface area contributed by atoms with Gasteiger partial charge in [-0.1, -0.05) is 48.5 Å². The molecule has 1 atom stereocenters. The van der Waals surface area contributed by atoms with Crippen LogP contribution in [0.15, 0.2) is 0 Å².